The van der Waals surface area contributed by atoms with Gasteiger partial charge in [0.05, 0.1) is 25.0 Å². The van der Waals surface area contributed by atoms with Crippen LogP contribution in [0.3, 0.4) is 0 Å². The smallest absolute Gasteiger partial charge is 0.269 e. The van der Waals surface area contributed by atoms with Crippen molar-refractivity contribution in [3.63, 3.8) is 0 Å². The topological polar surface area (TPSA) is 78.8 Å². The van der Waals surface area contributed by atoms with Gasteiger partial charge in [-0.1, -0.05) is 12.1 Å². The van der Waals surface area contributed by atoms with E-state index in [1.54, 1.807) is 19.2 Å². The molecule has 0 spiro atoms. The molecule has 0 bridgehead atoms. The van der Waals surface area contributed by atoms with Gasteiger partial charge in [0.1, 0.15) is 5.75 Å². The highest BCUT2D eigenvalue weighted by Gasteiger charge is 2.52. The number of hydrogen-bond donors (Lipinski definition) is 1. The van der Waals surface area contributed by atoms with Gasteiger partial charge in [-0.05, 0) is 37.1 Å². The Balaban J connectivity index is 1.75. The third kappa shape index (κ3) is 3.11. The van der Waals surface area contributed by atoms with E-state index in [1.165, 1.54) is 12.1 Å². The Morgan fingerprint density at radius 2 is 1.82 bits per heavy atom. The summed E-state index contributed by atoms with van der Waals surface area (Å²) in [5, 5.41) is 24.8. The van der Waals surface area contributed by atoms with E-state index in [4.69, 9.17) is 4.74 Å². The Bertz CT molecular complexity index is 908. The molecule has 2 aliphatic rings. The van der Waals surface area contributed by atoms with Crippen LogP contribution in [0.1, 0.15) is 36.8 Å². The van der Waals surface area contributed by atoms with Gasteiger partial charge in [-0.3, -0.25) is 10.1 Å². The zero-order chi connectivity index (χ0) is 19.7. The predicted octanol–water partition coefficient (Wildman–Crippen LogP) is 3.05. The fourth-order valence-electron chi connectivity index (χ4n) is 4.16. The lowest BCUT2D eigenvalue weighted by Crippen LogP contribution is -2.46. The summed E-state index contributed by atoms with van der Waals surface area (Å²) in [5.41, 5.74) is 1.64. The molecule has 146 valence electrons. The number of hydrogen-bond acceptors (Lipinski definition) is 5. The Morgan fingerprint density at radius 1 is 1.11 bits per heavy atom. The van der Waals surface area contributed by atoms with Crippen LogP contribution >= 0.6 is 0 Å². The number of nitro benzene ring substituents is 1. The third-order valence-corrected chi connectivity index (χ3v) is 5.65. The van der Waals surface area contributed by atoms with Crippen molar-refractivity contribution >= 4 is 11.4 Å². The van der Waals surface area contributed by atoms with Crippen LogP contribution in [0.15, 0.2) is 48.5 Å². The maximum atomic E-state index is 11.7. The second-order valence-electron chi connectivity index (χ2n) is 7.28. The second-order valence-corrected chi connectivity index (χ2v) is 7.28. The Morgan fingerprint density at radius 3 is 2.46 bits per heavy atom. The van der Waals surface area contributed by atoms with Gasteiger partial charge in [-0.25, -0.2) is 0 Å². The summed E-state index contributed by atoms with van der Waals surface area (Å²) in [6.07, 6.45) is 3.60. The molecule has 2 aliphatic heterocycles. The highest BCUT2D eigenvalue weighted by Crippen LogP contribution is 2.38. The molecule has 1 fully saturated rings. The van der Waals surface area contributed by atoms with Crippen LogP contribution in [-0.2, 0) is 5.72 Å². The first kappa shape index (κ1) is 18.4. The molecule has 1 N–H and O–H groups in total. The highest BCUT2D eigenvalue weighted by molar-refractivity contribution is 5.98. The first-order valence-corrected chi connectivity index (χ1v) is 9.55. The molecule has 28 heavy (non-hydrogen) atoms. The molecule has 2 heterocycles. The van der Waals surface area contributed by atoms with E-state index >= 15 is 0 Å². The molecule has 0 aromatic heterocycles. The SMILES string of the molecule is COc1ccc(C2(O)CC(c3ccc([N+](=O)[O-])cc3)=[N+]3CCCCCN32)cc1. The summed E-state index contributed by atoms with van der Waals surface area (Å²) >= 11 is 0. The first-order chi connectivity index (χ1) is 13.5. The molecule has 0 radical (unpaired) electrons. The summed E-state index contributed by atoms with van der Waals surface area (Å²) < 4.78 is 7.41. The van der Waals surface area contributed by atoms with Crippen molar-refractivity contribution in [1.82, 2.24) is 5.01 Å². The van der Waals surface area contributed by atoms with Crippen LogP contribution < -0.4 is 4.74 Å². The normalized spacial score (nSPS) is 22.0. The monoisotopic (exact) mass is 382 g/mol. The van der Waals surface area contributed by atoms with E-state index in [2.05, 4.69) is 9.69 Å². The lowest BCUT2D eigenvalue weighted by atomic mass is 9.94. The van der Waals surface area contributed by atoms with Crippen molar-refractivity contribution in [2.45, 2.75) is 31.4 Å². The average Bonchev–Trinajstić information content (AvgIpc) is 2.87. The van der Waals surface area contributed by atoms with E-state index in [-0.39, 0.29) is 5.69 Å². The maximum absolute atomic E-state index is 11.7. The van der Waals surface area contributed by atoms with Crippen molar-refractivity contribution in [2.75, 3.05) is 20.2 Å². The lowest BCUT2D eigenvalue weighted by Gasteiger charge is -2.30. The molecule has 0 aliphatic carbocycles. The molecule has 7 heteroatoms. The number of benzene rings is 2. The molecule has 2 aromatic carbocycles. The van der Waals surface area contributed by atoms with Crippen LogP contribution in [0.25, 0.3) is 0 Å². The van der Waals surface area contributed by atoms with Gasteiger partial charge >= 0.3 is 0 Å². The zero-order valence-electron chi connectivity index (χ0n) is 15.9. The van der Waals surface area contributed by atoms with Crippen molar-refractivity contribution < 1.29 is 19.5 Å². The quantitative estimate of drug-likeness (QED) is 0.499. The summed E-state index contributed by atoms with van der Waals surface area (Å²) in [7, 11) is 1.62. The zero-order valence-corrected chi connectivity index (χ0v) is 15.9. The minimum atomic E-state index is -1.15. The molecule has 1 saturated heterocycles. The van der Waals surface area contributed by atoms with Crippen molar-refractivity contribution in [2.24, 2.45) is 0 Å². The fraction of sp³-hybridized carbons (Fsp3) is 0.381. The number of hydrazine groups is 1. The molecule has 2 aromatic rings. The van der Waals surface area contributed by atoms with Crippen molar-refractivity contribution in [1.29, 1.82) is 0 Å². The average molecular weight is 382 g/mol. The van der Waals surface area contributed by atoms with Gasteiger partial charge in [0.25, 0.3) is 5.69 Å². The van der Waals surface area contributed by atoms with Gasteiger partial charge in [0.15, 0.2) is 6.54 Å². The fourth-order valence-corrected chi connectivity index (χ4v) is 4.16. The second kappa shape index (κ2) is 7.24. The van der Waals surface area contributed by atoms with Gasteiger partial charge in [-0.2, -0.15) is 0 Å². The molecule has 0 amide bonds. The van der Waals surface area contributed by atoms with Crippen LogP contribution in [0.5, 0.6) is 5.75 Å². The van der Waals surface area contributed by atoms with Gasteiger partial charge in [0, 0.05) is 29.7 Å². The number of aliphatic hydroxyl groups is 1. The van der Waals surface area contributed by atoms with E-state index < -0.39 is 10.6 Å². The largest absolute Gasteiger partial charge is 0.497 e. The number of fused-ring (bicyclic) bond motifs is 1. The number of methoxy groups -OCH3 is 1. The molecule has 4 rings (SSSR count). The number of ether oxygens (including phenoxy) is 1. The molecular formula is C21H24N3O4+. The Hall–Kier alpha value is -2.93. The Kier molecular flexibility index (Phi) is 4.77. The molecule has 7 nitrogen and oxygen atoms in total. The first-order valence-electron chi connectivity index (χ1n) is 9.55. The maximum Gasteiger partial charge on any atom is 0.269 e. The highest BCUT2D eigenvalue weighted by atomic mass is 16.6. The van der Waals surface area contributed by atoms with Crippen LogP contribution in [0.4, 0.5) is 5.69 Å². The molecule has 0 saturated carbocycles. The van der Waals surface area contributed by atoms with E-state index in [0.717, 1.165) is 54.9 Å². The molecular weight excluding hydrogens is 358 g/mol. The summed E-state index contributed by atoms with van der Waals surface area (Å²) in [4.78, 5) is 10.6. The summed E-state index contributed by atoms with van der Waals surface area (Å²) in [6.45, 7) is 1.59. The van der Waals surface area contributed by atoms with Crippen LogP contribution in [0, 0.1) is 10.1 Å². The van der Waals surface area contributed by atoms with Gasteiger partial charge < -0.3 is 9.84 Å². The minimum Gasteiger partial charge on any atom is -0.497 e. The third-order valence-electron chi connectivity index (χ3n) is 5.65. The standard InChI is InChI=1S/C21H24N3O4/c1-28-19-11-7-17(8-12-19)21(25)15-20(22-13-3-2-4-14-23(21)22)16-5-9-18(10-6-16)24(26)27/h5-12,25H,2-4,13-15H2,1H3/q+1. The van der Waals surface area contributed by atoms with Crippen LogP contribution in [0.2, 0.25) is 0 Å². The number of nitrogens with zero attached hydrogens (tertiary/aromatic N) is 3. The van der Waals surface area contributed by atoms with E-state index in [0.29, 0.717) is 6.42 Å². The van der Waals surface area contributed by atoms with Crippen molar-refractivity contribution in [3.8, 4) is 5.75 Å². The number of rotatable bonds is 4. The number of hydrazone groups is 1. The lowest BCUT2D eigenvalue weighted by molar-refractivity contribution is -0.706. The summed E-state index contributed by atoms with van der Waals surface area (Å²) in [5.74, 6) is 0.748. The minimum absolute atomic E-state index is 0.0699. The van der Waals surface area contributed by atoms with Gasteiger partial charge in [-0.15, -0.1) is 9.69 Å². The summed E-state index contributed by atoms with van der Waals surface area (Å²) in [6, 6.07) is 14.1. The Labute approximate surface area is 163 Å². The van der Waals surface area contributed by atoms with Gasteiger partial charge in [0.2, 0.25) is 11.4 Å². The molecule has 1 unspecified atom stereocenters. The number of nitro groups is 1. The van der Waals surface area contributed by atoms with Crippen molar-refractivity contribution in [3.05, 3.63) is 69.8 Å². The van der Waals surface area contributed by atoms with E-state index in [9.17, 15) is 15.2 Å². The molecule has 1 atom stereocenters. The van der Waals surface area contributed by atoms with E-state index in [1.807, 2.05) is 24.3 Å². The predicted molar refractivity (Wildman–Crippen MR) is 104 cm³/mol. The number of non-ortho nitro benzene ring substituents is 1. The van der Waals surface area contributed by atoms with Crippen LogP contribution in [-0.4, -0.2) is 45.6 Å².